The molecule has 0 atom stereocenters. The van der Waals surface area contributed by atoms with E-state index in [2.05, 4.69) is 139 Å². The summed E-state index contributed by atoms with van der Waals surface area (Å²) in [7, 11) is -1.23. The third-order valence-corrected chi connectivity index (χ3v) is 11.1. The number of benzene rings is 5. The van der Waals surface area contributed by atoms with Crippen molar-refractivity contribution in [1.29, 1.82) is 0 Å². The van der Waals surface area contributed by atoms with Crippen LogP contribution in [0.3, 0.4) is 0 Å². The van der Waals surface area contributed by atoms with Crippen LogP contribution in [-0.4, -0.2) is 18.0 Å². The molecule has 0 bridgehead atoms. The first-order valence-electron chi connectivity index (χ1n) is 15.2. The number of hydrogen-bond acceptors (Lipinski definition) is 3. The fourth-order valence-electron chi connectivity index (χ4n) is 5.54. The van der Waals surface area contributed by atoms with Gasteiger partial charge in [-0.1, -0.05) is 110 Å². The Bertz CT molecular complexity index is 2240. The van der Waals surface area contributed by atoms with Gasteiger partial charge in [0.15, 0.2) is 0 Å². The van der Waals surface area contributed by atoms with E-state index in [0.29, 0.717) is 0 Å². The molecule has 8 rings (SSSR count). The maximum absolute atomic E-state index is 4.68. The van der Waals surface area contributed by atoms with Gasteiger partial charge in [-0.15, -0.1) is 59.7 Å². The third kappa shape index (κ3) is 6.65. The summed E-state index contributed by atoms with van der Waals surface area (Å²) < 4.78 is 2.47. The van der Waals surface area contributed by atoms with Crippen molar-refractivity contribution >= 4 is 55.5 Å². The van der Waals surface area contributed by atoms with Crippen molar-refractivity contribution in [2.75, 3.05) is 0 Å². The molecule has 3 aromatic heterocycles. The second-order valence-corrected chi connectivity index (χ2v) is 18.3. The first kappa shape index (κ1) is 31.7. The van der Waals surface area contributed by atoms with E-state index in [1.807, 2.05) is 42.7 Å². The summed E-state index contributed by atoms with van der Waals surface area (Å²) >= 11 is 1.80. The summed E-state index contributed by atoms with van der Waals surface area (Å²) in [4.78, 5) is 9.20. The Morgan fingerprint density at radius 2 is 1.39 bits per heavy atom. The van der Waals surface area contributed by atoms with Crippen molar-refractivity contribution in [1.82, 2.24) is 9.97 Å². The number of nitrogens with zero attached hydrogens (tertiary/aromatic N) is 2. The van der Waals surface area contributed by atoms with Crippen LogP contribution in [0.2, 0.25) is 19.6 Å². The predicted molar refractivity (Wildman–Crippen MR) is 196 cm³/mol. The van der Waals surface area contributed by atoms with E-state index in [1.54, 1.807) is 11.3 Å². The molecule has 0 aliphatic rings. The summed E-state index contributed by atoms with van der Waals surface area (Å²) in [6, 6.07) is 51.1. The van der Waals surface area contributed by atoms with E-state index in [1.165, 1.54) is 41.9 Å². The molecular weight excluding hydrogens is 773 g/mol. The quantitative estimate of drug-likeness (QED) is 0.131. The molecule has 1 radical (unpaired) electrons. The summed E-state index contributed by atoms with van der Waals surface area (Å²) in [5.74, 6) is 0. The number of thiophene rings is 1. The van der Waals surface area contributed by atoms with Gasteiger partial charge in [0.05, 0.1) is 8.07 Å². The standard InChI is InChI=1S/C27H16NS.C14H16NSi.Ir/c1-2-7-18(8-3-1)22-11-6-12-25-27(22)23-14-13-20(16-26(23)29-25)24-15-19-9-4-5-10-21(19)17-28-24;1-16(2,3)13-9-10-14(15-11-13)12-7-5-4-6-8-12;/h1-15,17H;4-7,9-11H,1-3H3;/q2*-1;. The molecule has 46 heavy (non-hydrogen) atoms. The molecule has 5 heteroatoms. The summed E-state index contributed by atoms with van der Waals surface area (Å²) in [6.07, 6.45) is 3.96. The molecule has 2 nitrogen and oxygen atoms in total. The van der Waals surface area contributed by atoms with Gasteiger partial charge in [0.25, 0.3) is 0 Å². The van der Waals surface area contributed by atoms with Crippen molar-refractivity contribution in [2.24, 2.45) is 0 Å². The molecule has 8 aromatic rings. The Labute approximate surface area is 289 Å². The summed E-state index contributed by atoms with van der Waals surface area (Å²) in [5, 5.41) is 6.33. The van der Waals surface area contributed by atoms with Crippen molar-refractivity contribution in [3.05, 3.63) is 152 Å². The van der Waals surface area contributed by atoms with Crippen molar-refractivity contribution < 1.29 is 20.1 Å². The average Bonchev–Trinajstić information content (AvgIpc) is 3.47. The van der Waals surface area contributed by atoms with Gasteiger partial charge in [-0.05, 0) is 54.6 Å². The van der Waals surface area contributed by atoms with Gasteiger partial charge in [-0.25, -0.2) is 0 Å². The zero-order valence-corrected chi connectivity index (χ0v) is 30.1. The summed E-state index contributed by atoms with van der Waals surface area (Å²) in [5.41, 5.74) is 6.59. The van der Waals surface area contributed by atoms with Crippen LogP contribution in [-0.2, 0) is 20.1 Å². The number of aromatic nitrogens is 2. The van der Waals surface area contributed by atoms with Crippen LogP contribution in [0.4, 0.5) is 0 Å². The van der Waals surface area contributed by atoms with E-state index in [-0.39, 0.29) is 20.1 Å². The second-order valence-electron chi connectivity index (χ2n) is 12.1. The number of fused-ring (bicyclic) bond motifs is 4. The number of pyridine rings is 2. The Morgan fingerprint density at radius 1 is 0.630 bits per heavy atom. The fourth-order valence-corrected chi connectivity index (χ4v) is 7.71. The van der Waals surface area contributed by atoms with Gasteiger partial charge in [0.1, 0.15) is 0 Å². The first-order valence-corrected chi connectivity index (χ1v) is 19.5. The van der Waals surface area contributed by atoms with Gasteiger partial charge in [-0.3, -0.25) is 0 Å². The monoisotopic (exact) mass is 805 g/mol. The van der Waals surface area contributed by atoms with Crippen LogP contribution in [0.5, 0.6) is 0 Å². The molecule has 0 amide bonds. The molecule has 227 valence electrons. The van der Waals surface area contributed by atoms with Gasteiger partial charge in [-0.2, -0.15) is 11.3 Å². The van der Waals surface area contributed by atoms with Crippen LogP contribution in [0, 0.1) is 12.1 Å². The summed E-state index contributed by atoms with van der Waals surface area (Å²) in [6.45, 7) is 7.00. The molecule has 0 aliphatic carbocycles. The molecule has 0 unspecified atom stereocenters. The van der Waals surface area contributed by atoms with Gasteiger partial charge in [0, 0.05) is 37.2 Å². The molecule has 0 saturated carbocycles. The minimum absolute atomic E-state index is 0. The van der Waals surface area contributed by atoms with Crippen LogP contribution >= 0.6 is 11.3 Å². The van der Waals surface area contributed by atoms with Crippen LogP contribution in [0.15, 0.2) is 140 Å². The Morgan fingerprint density at radius 3 is 2.13 bits per heavy atom. The van der Waals surface area contributed by atoms with Crippen molar-refractivity contribution in [3.8, 4) is 33.6 Å². The Kier molecular flexibility index (Phi) is 9.39. The maximum atomic E-state index is 4.68. The molecule has 0 saturated heterocycles. The molecule has 0 spiro atoms. The Balaban J connectivity index is 0.000000187. The minimum Gasteiger partial charge on any atom is -0.305 e. The number of rotatable bonds is 4. The first-order chi connectivity index (χ1) is 21.9. The van der Waals surface area contributed by atoms with Gasteiger partial charge < -0.3 is 9.97 Å². The predicted octanol–water partition coefficient (Wildman–Crippen LogP) is 10.8. The third-order valence-electron chi connectivity index (χ3n) is 8.02. The maximum Gasteiger partial charge on any atom is 0.0795 e. The van der Waals surface area contributed by atoms with E-state index in [0.717, 1.165) is 27.9 Å². The van der Waals surface area contributed by atoms with E-state index >= 15 is 0 Å². The van der Waals surface area contributed by atoms with Crippen molar-refractivity contribution in [3.63, 3.8) is 0 Å². The molecule has 0 N–H and O–H groups in total. The SMILES string of the molecule is C[Si](C)(C)c1ccc(-c2[c-]cccc2)nc1.[Ir].[c-]1c(-c2cc3ccccc3cn2)ccc2c1sc1cccc(-c3ccccc3)c12. The van der Waals surface area contributed by atoms with Gasteiger partial charge >= 0.3 is 0 Å². The van der Waals surface area contributed by atoms with Crippen LogP contribution in [0.1, 0.15) is 0 Å². The van der Waals surface area contributed by atoms with Gasteiger partial charge in [0.2, 0.25) is 0 Å². The zero-order valence-electron chi connectivity index (χ0n) is 25.9. The fraction of sp³-hybridized carbons (Fsp3) is 0.0732. The number of hydrogen-bond donors (Lipinski definition) is 0. The zero-order chi connectivity index (χ0) is 30.8. The second kappa shape index (κ2) is 13.6. The molecule has 0 aliphatic heterocycles. The van der Waals surface area contributed by atoms with E-state index in [4.69, 9.17) is 0 Å². The Hall–Kier alpha value is -4.25. The van der Waals surface area contributed by atoms with Crippen LogP contribution in [0.25, 0.3) is 64.6 Å². The van der Waals surface area contributed by atoms with E-state index in [9.17, 15) is 0 Å². The largest absolute Gasteiger partial charge is 0.305 e. The molecule has 0 fully saturated rings. The molecular formula is C41H32IrN2SSi-2. The van der Waals surface area contributed by atoms with Crippen molar-refractivity contribution in [2.45, 2.75) is 19.6 Å². The van der Waals surface area contributed by atoms with E-state index < -0.39 is 8.07 Å². The topological polar surface area (TPSA) is 25.8 Å². The minimum atomic E-state index is -1.23. The molecule has 3 heterocycles. The molecule has 5 aromatic carbocycles. The normalized spacial score (nSPS) is 11.2. The van der Waals surface area contributed by atoms with Crippen LogP contribution < -0.4 is 5.19 Å². The average molecular weight is 805 g/mol. The smallest absolute Gasteiger partial charge is 0.0795 e.